The summed E-state index contributed by atoms with van der Waals surface area (Å²) in [4.78, 5) is 40.7. The summed E-state index contributed by atoms with van der Waals surface area (Å²) < 4.78 is 6.12. The Morgan fingerprint density at radius 1 is 1.00 bits per heavy atom. The molecule has 0 aromatic heterocycles. The molecular formula is C23H24N4O4. The fraction of sp³-hybridized carbons (Fsp3) is 0.348. The van der Waals surface area contributed by atoms with Crippen molar-refractivity contribution in [2.24, 2.45) is 0 Å². The number of benzene rings is 2. The van der Waals surface area contributed by atoms with E-state index in [0.717, 1.165) is 11.1 Å². The molecule has 0 aliphatic carbocycles. The zero-order valence-corrected chi connectivity index (χ0v) is 17.0. The lowest BCUT2D eigenvalue weighted by Gasteiger charge is -2.42. The molecule has 8 heteroatoms. The van der Waals surface area contributed by atoms with Gasteiger partial charge in [0.1, 0.15) is 12.2 Å². The summed E-state index contributed by atoms with van der Waals surface area (Å²) in [6.45, 7) is 1.11. The molecule has 3 aliphatic rings. The monoisotopic (exact) mass is 420 g/mol. The molecule has 31 heavy (non-hydrogen) atoms. The van der Waals surface area contributed by atoms with Gasteiger partial charge in [-0.2, -0.15) is 0 Å². The average Bonchev–Trinajstić information content (AvgIpc) is 3.35. The van der Waals surface area contributed by atoms with Gasteiger partial charge < -0.3 is 20.3 Å². The Morgan fingerprint density at radius 2 is 1.65 bits per heavy atom. The average molecular weight is 420 g/mol. The third-order valence-electron chi connectivity index (χ3n) is 6.32. The molecular weight excluding hydrogens is 396 g/mol. The van der Waals surface area contributed by atoms with Crippen LogP contribution in [0.4, 0.5) is 9.59 Å². The molecule has 2 atom stereocenters. The molecule has 2 aromatic carbocycles. The van der Waals surface area contributed by atoms with Gasteiger partial charge in [-0.15, -0.1) is 0 Å². The van der Waals surface area contributed by atoms with E-state index in [4.69, 9.17) is 4.74 Å². The van der Waals surface area contributed by atoms with E-state index in [1.807, 2.05) is 60.7 Å². The Kier molecular flexibility index (Phi) is 4.77. The predicted molar refractivity (Wildman–Crippen MR) is 112 cm³/mol. The molecule has 0 bridgehead atoms. The maximum atomic E-state index is 12.9. The number of ether oxygens (including phenoxy) is 1. The molecule has 160 valence electrons. The lowest BCUT2D eigenvalue weighted by Crippen LogP contribution is -2.61. The highest BCUT2D eigenvalue weighted by molar-refractivity contribution is 5.81. The fourth-order valence-corrected chi connectivity index (χ4v) is 4.80. The number of rotatable bonds is 3. The van der Waals surface area contributed by atoms with Crippen LogP contribution in [0.5, 0.6) is 0 Å². The van der Waals surface area contributed by atoms with Gasteiger partial charge in [-0.3, -0.25) is 9.69 Å². The second-order valence-electron chi connectivity index (χ2n) is 8.10. The third kappa shape index (κ3) is 3.28. The molecule has 3 heterocycles. The van der Waals surface area contributed by atoms with Crippen LogP contribution in [0.1, 0.15) is 24.0 Å². The molecule has 0 radical (unpaired) electrons. The predicted octanol–water partition coefficient (Wildman–Crippen LogP) is 2.01. The van der Waals surface area contributed by atoms with E-state index in [9.17, 15) is 14.4 Å². The van der Waals surface area contributed by atoms with Crippen LogP contribution in [0.15, 0.2) is 60.7 Å². The van der Waals surface area contributed by atoms with Crippen molar-refractivity contribution in [3.63, 3.8) is 0 Å². The van der Waals surface area contributed by atoms with Crippen molar-refractivity contribution in [1.29, 1.82) is 0 Å². The maximum Gasteiger partial charge on any atom is 0.411 e. The van der Waals surface area contributed by atoms with Crippen molar-refractivity contribution in [2.45, 2.75) is 30.7 Å². The van der Waals surface area contributed by atoms with Crippen molar-refractivity contribution in [2.75, 3.05) is 19.6 Å². The molecule has 8 nitrogen and oxygen atoms in total. The Morgan fingerprint density at radius 3 is 2.23 bits per heavy atom. The summed E-state index contributed by atoms with van der Waals surface area (Å²) in [5.74, 6) is -0.0583. The van der Waals surface area contributed by atoms with E-state index in [1.165, 1.54) is 0 Å². The van der Waals surface area contributed by atoms with E-state index in [2.05, 4.69) is 10.6 Å². The first kappa shape index (κ1) is 19.4. The topological polar surface area (TPSA) is 91.0 Å². The van der Waals surface area contributed by atoms with E-state index < -0.39 is 5.60 Å². The van der Waals surface area contributed by atoms with Gasteiger partial charge in [-0.1, -0.05) is 60.7 Å². The zero-order valence-electron chi connectivity index (χ0n) is 17.0. The summed E-state index contributed by atoms with van der Waals surface area (Å²) in [5.41, 5.74) is 0.722. The van der Waals surface area contributed by atoms with Crippen molar-refractivity contribution >= 4 is 18.0 Å². The summed E-state index contributed by atoms with van der Waals surface area (Å²) >= 11 is 0. The van der Waals surface area contributed by atoms with Crippen LogP contribution >= 0.6 is 0 Å². The van der Waals surface area contributed by atoms with Gasteiger partial charge in [0.05, 0.1) is 0 Å². The minimum atomic E-state index is -1.01. The molecule has 3 fully saturated rings. The molecule has 0 spiro atoms. The van der Waals surface area contributed by atoms with Crippen LogP contribution in [-0.4, -0.2) is 59.7 Å². The lowest BCUT2D eigenvalue weighted by molar-refractivity contribution is -0.119. The fourth-order valence-electron chi connectivity index (χ4n) is 4.80. The number of carbonyl (C=O) groups is 3. The first-order valence-electron chi connectivity index (χ1n) is 10.5. The number of piperazine rings is 1. The number of hydrogen-bond donors (Lipinski definition) is 2. The largest absolute Gasteiger partial charge is 0.431 e. The quantitative estimate of drug-likeness (QED) is 0.795. The highest BCUT2D eigenvalue weighted by Gasteiger charge is 2.58. The second-order valence-corrected chi connectivity index (χ2v) is 8.10. The lowest BCUT2D eigenvalue weighted by atomic mass is 9.79. The number of amides is 4. The smallest absolute Gasteiger partial charge is 0.411 e. The van der Waals surface area contributed by atoms with Gasteiger partial charge in [0.25, 0.3) is 0 Å². The Hall–Kier alpha value is -3.55. The van der Waals surface area contributed by atoms with Crippen LogP contribution in [0.2, 0.25) is 0 Å². The number of hydrogen-bond acceptors (Lipinski definition) is 4. The number of cyclic esters (lactones) is 1. The number of fused-ring (bicyclic) bond motifs is 1. The van der Waals surface area contributed by atoms with Crippen molar-refractivity contribution in [3.8, 4) is 0 Å². The van der Waals surface area contributed by atoms with Crippen LogP contribution in [0.25, 0.3) is 0 Å². The van der Waals surface area contributed by atoms with E-state index in [0.29, 0.717) is 32.5 Å². The maximum absolute atomic E-state index is 12.9. The molecule has 3 aliphatic heterocycles. The zero-order chi connectivity index (χ0) is 21.4. The second kappa shape index (κ2) is 7.61. The molecule has 4 amide bonds. The Bertz CT molecular complexity index is 958. The van der Waals surface area contributed by atoms with E-state index in [1.54, 1.807) is 9.80 Å². The first-order chi connectivity index (χ1) is 15.1. The Labute approximate surface area is 180 Å². The minimum Gasteiger partial charge on any atom is -0.431 e. The number of carbonyl (C=O) groups excluding carboxylic acids is 3. The van der Waals surface area contributed by atoms with Gasteiger partial charge in [0, 0.05) is 37.2 Å². The number of urea groups is 1. The standard InChI is InChI=1S/C23H24N4O4/c28-20-12-11-19(24-20)25-21(29)26-13-14-27-18(15-26)23(31-22(27)30,16-7-3-1-4-8-16)17-9-5-2-6-10-17/h1-10,18-19H,11-15H2,(H,24,28)(H,25,29). The molecule has 2 aromatic rings. The van der Waals surface area contributed by atoms with Gasteiger partial charge in [-0.25, -0.2) is 9.59 Å². The molecule has 2 N–H and O–H groups in total. The Balaban J connectivity index is 1.48. The van der Waals surface area contributed by atoms with Crippen LogP contribution in [-0.2, 0) is 15.1 Å². The molecule has 3 saturated heterocycles. The van der Waals surface area contributed by atoms with Gasteiger partial charge in [-0.05, 0) is 6.42 Å². The van der Waals surface area contributed by atoms with E-state index >= 15 is 0 Å². The van der Waals surface area contributed by atoms with Crippen molar-refractivity contribution in [1.82, 2.24) is 20.4 Å². The third-order valence-corrected chi connectivity index (χ3v) is 6.32. The van der Waals surface area contributed by atoms with Crippen molar-refractivity contribution < 1.29 is 19.1 Å². The summed E-state index contributed by atoms with van der Waals surface area (Å²) in [7, 11) is 0. The number of nitrogens with one attached hydrogen (secondary N) is 2. The van der Waals surface area contributed by atoms with Crippen LogP contribution in [0, 0.1) is 0 Å². The molecule has 0 saturated carbocycles. The van der Waals surface area contributed by atoms with Crippen molar-refractivity contribution in [3.05, 3.63) is 71.8 Å². The normalized spacial score (nSPS) is 24.4. The van der Waals surface area contributed by atoms with Gasteiger partial charge >= 0.3 is 12.1 Å². The summed E-state index contributed by atoms with van der Waals surface area (Å²) in [6, 6.07) is 18.7. The molecule has 5 rings (SSSR count). The summed E-state index contributed by atoms with van der Waals surface area (Å²) in [5, 5.41) is 5.65. The van der Waals surface area contributed by atoms with Crippen LogP contribution in [0.3, 0.4) is 0 Å². The first-order valence-corrected chi connectivity index (χ1v) is 10.5. The number of nitrogens with zero attached hydrogens (tertiary/aromatic N) is 2. The highest BCUT2D eigenvalue weighted by Crippen LogP contribution is 2.45. The van der Waals surface area contributed by atoms with Gasteiger partial charge in [0.15, 0.2) is 5.60 Å². The van der Waals surface area contributed by atoms with Gasteiger partial charge in [0.2, 0.25) is 5.91 Å². The highest BCUT2D eigenvalue weighted by atomic mass is 16.6. The molecule has 2 unspecified atom stereocenters. The SMILES string of the molecule is O=C1CCC(NC(=O)N2CCN3C(=O)OC(c4ccccc4)(c4ccccc4)C3C2)N1. The summed E-state index contributed by atoms with van der Waals surface area (Å²) in [6.07, 6.45) is 0.260. The van der Waals surface area contributed by atoms with Crippen LogP contribution < -0.4 is 10.6 Å². The van der Waals surface area contributed by atoms with E-state index in [-0.39, 0.29) is 30.2 Å². The minimum absolute atomic E-state index is 0.0583.